The largest absolute Gasteiger partial charge is 0.389 e. The Morgan fingerprint density at radius 1 is 1.26 bits per heavy atom. The second-order valence-electron chi connectivity index (χ2n) is 4.82. The molecular weight excluding hydrogens is 236 g/mol. The number of hydrogen-bond acceptors (Lipinski definition) is 2. The van der Waals surface area contributed by atoms with E-state index in [1.165, 1.54) is 5.56 Å². The maximum absolute atomic E-state index is 9.52. The highest BCUT2D eigenvalue weighted by molar-refractivity contribution is 5.78. The van der Waals surface area contributed by atoms with Crippen molar-refractivity contribution in [3.8, 4) is 0 Å². The zero-order chi connectivity index (χ0) is 13.2. The Balaban J connectivity index is 1.87. The zero-order valence-electron chi connectivity index (χ0n) is 10.8. The van der Waals surface area contributed by atoms with Crippen LogP contribution in [0.4, 0.5) is 0 Å². The number of aliphatic hydroxyl groups excluding tert-OH is 1. The smallest absolute Gasteiger partial charge is 0.0776 e. The molecule has 2 heterocycles. The van der Waals surface area contributed by atoms with Crippen LogP contribution in [-0.4, -0.2) is 14.7 Å². The summed E-state index contributed by atoms with van der Waals surface area (Å²) in [6, 6.07) is 12.3. The third kappa shape index (κ3) is 2.51. The maximum Gasteiger partial charge on any atom is 0.0776 e. The van der Waals surface area contributed by atoms with Crippen LogP contribution in [-0.2, 0) is 6.54 Å². The van der Waals surface area contributed by atoms with E-state index in [4.69, 9.17) is 0 Å². The van der Waals surface area contributed by atoms with Gasteiger partial charge in [0.25, 0.3) is 0 Å². The summed E-state index contributed by atoms with van der Waals surface area (Å²) in [6.45, 7) is 2.58. The van der Waals surface area contributed by atoms with Crippen molar-refractivity contribution in [1.29, 1.82) is 0 Å². The van der Waals surface area contributed by atoms with E-state index in [1.54, 1.807) is 6.92 Å². The van der Waals surface area contributed by atoms with Gasteiger partial charge in [0.2, 0.25) is 0 Å². The topological polar surface area (TPSA) is 38.0 Å². The van der Waals surface area contributed by atoms with Crippen LogP contribution < -0.4 is 0 Å². The fourth-order valence-corrected chi connectivity index (χ4v) is 2.24. The second kappa shape index (κ2) is 4.86. The molecule has 0 aliphatic rings. The quantitative estimate of drug-likeness (QED) is 0.777. The van der Waals surface area contributed by atoms with Crippen molar-refractivity contribution in [3.63, 3.8) is 0 Å². The van der Waals surface area contributed by atoms with Crippen molar-refractivity contribution in [2.24, 2.45) is 0 Å². The summed E-state index contributed by atoms with van der Waals surface area (Å²) in [5.41, 5.74) is 3.19. The molecule has 3 nitrogen and oxygen atoms in total. The number of nitrogens with zero attached hydrogens (tertiary/aromatic N) is 2. The molecular formula is C16H16N2O. The van der Waals surface area contributed by atoms with Gasteiger partial charge in [0.1, 0.15) is 0 Å². The predicted octanol–water partition coefficient (Wildman–Crippen LogP) is 3.14. The molecule has 0 fully saturated rings. The lowest BCUT2D eigenvalue weighted by Crippen LogP contribution is -1.97. The van der Waals surface area contributed by atoms with Gasteiger partial charge in [-0.05, 0) is 42.3 Å². The maximum atomic E-state index is 9.52. The third-order valence-corrected chi connectivity index (χ3v) is 3.29. The molecule has 1 atom stereocenters. The lowest BCUT2D eigenvalue weighted by atomic mass is 10.1. The van der Waals surface area contributed by atoms with Gasteiger partial charge in [0.05, 0.1) is 11.6 Å². The summed E-state index contributed by atoms with van der Waals surface area (Å²) in [4.78, 5) is 4.32. The van der Waals surface area contributed by atoms with Crippen molar-refractivity contribution in [1.82, 2.24) is 9.55 Å². The summed E-state index contributed by atoms with van der Waals surface area (Å²) in [7, 11) is 0. The molecule has 0 amide bonds. The van der Waals surface area contributed by atoms with Gasteiger partial charge in [0.15, 0.2) is 0 Å². The summed E-state index contributed by atoms with van der Waals surface area (Å²) in [5, 5.41) is 10.7. The first-order valence-corrected chi connectivity index (χ1v) is 6.40. The van der Waals surface area contributed by atoms with Crippen LogP contribution in [0.1, 0.15) is 24.2 Å². The Morgan fingerprint density at radius 2 is 2.16 bits per heavy atom. The molecule has 1 unspecified atom stereocenters. The Bertz CT molecular complexity index is 701. The Labute approximate surface area is 112 Å². The van der Waals surface area contributed by atoms with Gasteiger partial charge in [-0.1, -0.05) is 12.1 Å². The first-order valence-electron chi connectivity index (χ1n) is 6.40. The molecule has 19 heavy (non-hydrogen) atoms. The van der Waals surface area contributed by atoms with E-state index < -0.39 is 6.10 Å². The Morgan fingerprint density at radius 3 is 2.95 bits per heavy atom. The van der Waals surface area contributed by atoms with Gasteiger partial charge in [-0.3, -0.25) is 4.98 Å². The van der Waals surface area contributed by atoms with Crippen LogP contribution in [0.15, 0.2) is 55.0 Å². The molecule has 0 aliphatic heterocycles. The van der Waals surface area contributed by atoms with Crippen molar-refractivity contribution < 1.29 is 5.11 Å². The Kier molecular flexibility index (Phi) is 3.05. The van der Waals surface area contributed by atoms with Gasteiger partial charge in [-0.15, -0.1) is 0 Å². The fourth-order valence-electron chi connectivity index (χ4n) is 2.24. The molecule has 0 bridgehead atoms. The summed E-state index contributed by atoms with van der Waals surface area (Å²) in [5.74, 6) is 0. The molecule has 3 aromatic rings. The van der Waals surface area contributed by atoms with Crippen LogP contribution in [0.25, 0.3) is 10.9 Å². The monoisotopic (exact) mass is 252 g/mol. The zero-order valence-corrected chi connectivity index (χ0v) is 10.8. The molecule has 3 heteroatoms. The highest BCUT2D eigenvalue weighted by Crippen LogP contribution is 2.16. The molecule has 1 aromatic carbocycles. The van der Waals surface area contributed by atoms with Crippen molar-refractivity contribution in [3.05, 3.63) is 66.1 Å². The predicted molar refractivity (Wildman–Crippen MR) is 75.9 cm³/mol. The van der Waals surface area contributed by atoms with E-state index in [0.717, 1.165) is 23.0 Å². The molecule has 3 rings (SSSR count). The second-order valence-corrected chi connectivity index (χ2v) is 4.82. The Hall–Kier alpha value is -2.13. The highest BCUT2D eigenvalue weighted by atomic mass is 16.3. The molecule has 2 aromatic heterocycles. The number of fused-ring (bicyclic) bond motifs is 1. The lowest BCUT2D eigenvalue weighted by Gasteiger charge is -2.05. The first-order chi connectivity index (χ1) is 9.22. The standard InChI is InChI=1S/C16H16N2O/c1-12(19)15-6-8-18(11-15)10-13-4-5-16-14(9-13)3-2-7-17-16/h2-9,11-12,19H,10H2,1H3. The molecule has 96 valence electrons. The lowest BCUT2D eigenvalue weighted by molar-refractivity contribution is 0.199. The SMILES string of the molecule is CC(O)c1ccn(Cc2ccc3ncccc3c2)c1. The first kappa shape index (κ1) is 11.9. The molecule has 1 N–H and O–H groups in total. The van der Waals surface area contributed by atoms with Gasteiger partial charge in [0, 0.05) is 30.5 Å². The molecule has 0 spiro atoms. The molecule has 0 radical (unpaired) electrons. The van der Waals surface area contributed by atoms with Crippen LogP contribution in [0.3, 0.4) is 0 Å². The number of hydrogen-bond donors (Lipinski definition) is 1. The van der Waals surface area contributed by atoms with E-state index in [-0.39, 0.29) is 0 Å². The average molecular weight is 252 g/mol. The molecule has 0 aliphatic carbocycles. The van der Waals surface area contributed by atoms with E-state index in [1.807, 2.05) is 36.8 Å². The molecule has 0 saturated carbocycles. The van der Waals surface area contributed by atoms with Crippen molar-refractivity contribution in [2.75, 3.05) is 0 Å². The fraction of sp³-hybridized carbons (Fsp3) is 0.188. The van der Waals surface area contributed by atoms with Crippen LogP contribution >= 0.6 is 0 Å². The third-order valence-electron chi connectivity index (χ3n) is 3.29. The normalized spacial score (nSPS) is 12.7. The van der Waals surface area contributed by atoms with Gasteiger partial charge >= 0.3 is 0 Å². The van der Waals surface area contributed by atoms with Gasteiger partial charge < -0.3 is 9.67 Å². The minimum atomic E-state index is -0.415. The minimum Gasteiger partial charge on any atom is -0.389 e. The number of pyridine rings is 1. The van der Waals surface area contributed by atoms with Crippen molar-refractivity contribution >= 4 is 10.9 Å². The van der Waals surface area contributed by atoms with E-state index in [2.05, 4.69) is 27.8 Å². The number of rotatable bonds is 3. The average Bonchev–Trinajstić information content (AvgIpc) is 2.87. The summed E-state index contributed by atoms with van der Waals surface area (Å²) < 4.78 is 2.08. The molecule has 0 saturated heterocycles. The van der Waals surface area contributed by atoms with E-state index in [0.29, 0.717) is 0 Å². The van der Waals surface area contributed by atoms with Crippen LogP contribution in [0.2, 0.25) is 0 Å². The number of aliphatic hydroxyl groups is 1. The van der Waals surface area contributed by atoms with E-state index >= 15 is 0 Å². The summed E-state index contributed by atoms with van der Waals surface area (Å²) in [6.07, 6.45) is 5.37. The van der Waals surface area contributed by atoms with Crippen LogP contribution in [0.5, 0.6) is 0 Å². The van der Waals surface area contributed by atoms with Gasteiger partial charge in [-0.25, -0.2) is 0 Å². The minimum absolute atomic E-state index is 0.415. The number of benzene rings is 1. The van der Waals surface area contributed by atoms with Gasteiger partial charge in [-0.2, -0.15) is 0 Å². The van der Waals surface area contributed by atoms with E-state index in [9.17, 15) is 5.11 Å². The number of aromatic nitrogens is 2. The van der Waals surface area contributed by atoms with Crippen LogP contribution in [0, 0.1) is 0 Å². The van der Waals surface area contributed by atoms with Crippen molar-refractivity contribution in [2.45, 2.75) is 19.6 Å². The highest BCUT2D eigenvalue weighted by Gasteiger charge is 2.03. The summed E-state index contributed by atoms with van der Waals surface area (Å²) >= 11 is 0.